The average Bonchev–Trinajstić information content (AvgIpc) is 3.00. The van der Waals surface area contributed by atoms with Crippen molar-refractivity contribution in [2.45, 2.75) is 83.8 Å². The van der Waals surface area contributed by atoms with Crippen LogP contribution in [0.25, 0.3) is 0 Å². The zero-order valence-corrected chi connectivity index (χ0v) is 25.2. The van der Waals surface area contributed by atoms with Crippen molar-refractivity contribution in [1.29, 1.82) is 0 Å². The van der Waals surface area contributed by atoms with Gasteiger partial charge < -0.3 is 38.5 Å². The Morgan fingerprint density at radius 2 is 1.31 bits per heavy atom. The minimum Gasteiger partial charge on any atom is -0.463 e. The van der Waals surface area contributed by atoms with Crippen LogP contribution in [-0.2, 0) is 65.5 Å². The van der Waals surface area contributed by atoms with E-state index in [1.54, 1.807) is 60.7 Å². The Morgan fingerprint density at radius 3 is 1.84 bits per heavy atom. The molecule has 1 amide bonds. The van der Waals surface area contributed by atoms with Gasteiger partial charge in [0.1, 0.15) is 25.9 Å². The second-order valence-corrected chi connectivity index (χ2v) is 10.1. The van der Waals surface area contributed by atoms with Crippen LogP contribution in [0.15, 0.2) is 60.7 Å². The summed E-state index contributed by atoms with van der Waals surface area (Å²) in [6, 6.07) is 16.0. The molecule has 1 aliphatic heterocycles. The molecule has 45 heavy (non-hydrogen) atoms. The van der Waals surface area contributed by atoms with Gasteiger partial charge in [-0.2, -0.15) is 0 Å². The second-order valence-electron chi connectivity index (χ2n) is 10.1. The summed E-state index contributed by atoms with van der Waals surface area (Å²) >= 11 is 0. The van der Waals surface area contributed by atoms with Gasteiger partial charge in [-0.05, 0) is 18.1 Å². The van der Waals surface area contributed by atoms with E-state index >= 15 is 4.39 Å². The van der Waals surface area contributed by atoms with Crippen molar-refractivity contribution in [3.63, 3.8) is 0 Å². The summed E-state index contributed by atoms with van der Waals surface area (Å²) in [4.78, 5) is 61.1. The van der Waals surface area contributed by atoms with E-state index in [2.05, 4.69) is 5.32 Å². The molecule has 0 bridgehead atoms. The summed E-state index contributed by atoms with van der Waals surface area (Å²) in [5.41, 5.74) is 1.35. The Labute approximate surface area is 259 Å². The van der Waals surface area contributed by atoms with Crippen molar-refractivity contribution in [1.82, 2.24) is 5.32 Å². The summed E-state index contributed by atoms with van der Waals surface area (Å²) in [5, 5.41) is 2.39. The van der Waals surface area contributed by atoms with Crippen molar-refractivity contribution in [2.24, 2.45) is 0 Å². The van der Waals surface area contributed by atoms with Gasteiger partial charge >= 0.3 is 30.0 Å². The molecular weight excluding hydrogens is 597 g/mol. The number of esters is 4. The highest BCUT2D eigenvalue weighted by Gasteiger charge is 2.52. The first kappa shape index (κ1) is 34.9. The molecule has 0 unspecified atom stereocenters. The number of hydrogen-bond acceptors (Lipinski definition) is 12. The van der Waals surface area contributed by atoms with E-state index in [9.17, 15) is 24.0 Å². The van der Waals surface area contributed by atoms with E-state index in [0.29, 0.717) is 11.1 Å². The van der Waals surface area contributed by atoms with Crippen molar-refractivity contribution >= 4 is 30.0 Å². The largest absolute Gasteiger partial charge is 0.463 e. The quantitative estimate of drug-likeness (QED) is 0.254. The van der Waals surface area contributed by atoms with Crippen molar-refractivity contribution < 1.29 is 61.5 Å². The zero-order valence-electron chi connectivity index (χ0n) is 25.2. The number of alkyl carbamates (subject to hydrolysis) is 1. The summed E-state index contributed by atoms with van der Waals surface area (Å²) in [6.07, 6.45) is -11.0. The van der Waals surface area contributed by atoms with Crippen LogP contribution in [0.3, 0.4) is 0 Å². The first-order valence-corrected chi connectivity index (χ1v) is 14.0. The lowest BCUT2D eigenvalue weighted by molar-refractivity contribution is -0.302. The van der Waals surface area contributed by atoms with E-state index in [1.807, 2.05) is 0 Å². The molecule has 1 fully saturated rings. The monoisotopic (exact) mass is 633 g/mol. The number of amides is 1. The van der Waals surface area contributed by atoms with Gasteiger partial charge in [-0.25, -0.2) is 14.0 Å². The molecule has 2 aromatic carbocycles. The Kier molecular flexibility index (Phi) is 13.2. The Bertz CT molecular complexity index is 1290. The minimum absolute atomic E-state index is 0.106. The van der Waals surface area contributed by atoms with Gasteiger partial charge in [-0.3, -0.25) is 14.4 Å². The summed E-state index contributed by atoms with van der Waals surface area (Å²) in [5.74, 6) is -3.38. The minimum atomic E-state index is -2.25. The zero-order chi connectivity index (χ0) is 32.9. The number of alkyl halides is 1. The molecule has 1 N–H and O–H groups in total. The second kappa shape index (κ2) is 17.1. The number of benzene rings is 2. The average molecular weight is 634 g/mol. The van der Waals surface area contributed by atoms with Gasteiger partial charge in [-0.15, -0.1) is 0 Å². The molecule has 0 aliphatic carbocycles. The van der Waals surface area contributed by atoms with Crippen LogP contribution in [0.4, 0.5) is 9.18 Å². The van der Waals surface area contributed by atoms with Crippen molar-refractivity contribution in [3.8, 4) is 0 Å². The third kappa shape index (κ3) is 11.1. The number of halogens is 1. The number of rotatable bonds is 13. The Balaban J connectivity index is 1.81. The third-order valence-corrected chi connectivity index (χ3v) is 6.41. The number of carbonyl (C=O) groups is 5. The van der Waals surface area contributed by atoms with Gasteiger partial charge in [0.2, 0.25) is 0 Å². The molecule has 1 aliphatic rings. The van der Waals surface area contributed by atoms with E-state index in [4.69, 9.17) is 33.2 Å². The normalized spacial score (nSPS) is 22.2. The van der Waals surface area contributed by atoms with E-state index in [-0.39, 0.29) is 13.2 Å². The predicted octanol–water partition coefficient (Wildman–Crippen LogP) is 2.92. The van der Waals surface area contributed by atoms with Crippen molar-refractivity contribution in [3.05, 3.63) is 71.8 Å². The fraction of sp³-hybridized carbons (Fsp3) is 0.452. The molecule has 0 aromatic heterocycles. The molecule has 13 nitrogen and oxygen atoms in total. The molecule has 1 heterocycles. The highest BCUT2D eigenvalue weighted by Crippen LogP contribution is 2.30. The first-order valence-electron chi connectivity index (χ1n) is 14.0. The van der Waals surface area contributed by atoms with Gasteiger partial charge in [-0.1, -0.05) is 60.7 Å². The maximum absolute atomic E-state index is 15.9. The van der Waals surface area contributed by atoms with Crippen LogP contribution in [0, 0.1) is 0 Å². The maximum atomic E-state index is 15.9. The van der Waals surface area contributed by atoms with Crippen LogP contribution in [-0.4, -0.2) is 79.5 Å². The fourth-order valence-electron chi connectivity index (χ4n) is 4.34. The lowest BCUT2D eigenvalue weighted by Gasteiger charge is -2.42. The van der Waals surface area contributed by atoms with Gasteiger partial charge in [0, 0.05) is 20.8 Å². The Morgan fingerprint density at radius 1 is 0.778 bits per heavy atom. The van der Waals surface area contributed by atoms with Crippen LogP contribution >= 0.6 is 0 Å². The van der Waals surface area contributed by atoms with Crippen molar-refractivity contribution in [2.75, 3.05) is 6.61 Å². The summed E-state index contributed by atoms with van der Waals surface area (Å²) < 4.78 is 53.2. The van der Waals surface area contributed by atoms with Gasteiger partial charge in [0.15, 0.2) is 30.7 Å². The lowest BCUT2D eigenvalue weighted by atomic mass is 9.99. The van der Waals surface area contributed by atoms with Gasteiger partial charge in [0.05, 0.1) is 6.10 Å². The van der Waals surface area contributed by atoms with Crippen LogP contribution in [0.5, 0.6) is 0 Å². The number of ether oxygens (including phenoxy) is 7. The molecule has 1 saturated heterocycles. The van der Waals surface area contributed by atoms with Crippen LogP contribution < -0.4 is 5.32 Å². The predicted molar refractivity (Wildman–Crippen MR) is 152 cm³/mol. The van der Waals surface area contributed by atoms with E-state index in [1.165, 1.54) is 6.92 Å². The smallest absolute Gasteiger partial charge is 0.408 e. The van der Waals surface area contributed by atoms with Crippen LogP contribution in [0.1, 0.15) is 38.8 Å². The molecule has 2 aromatic rings. The van der Waals surface area contributed by atoms with E-state index < -0.39 is 79.5 Å². The Hall–Kier alpha value is -4.56. The van der Waals surface area contributed by atoms with Crippen LogP contribution in [0.2, 0.25) is 0 Å². The molecular formula is C31H36FNO12. The molecule has 244 valence electrons. The topological polar surface area (TPSA) is 162 Å². The van der Waals surface area contributed by atoms with Gasteiger partial charge in [0.25, 0.3) is 0 Å². The number of nitrogens with one attached hydrogen (secondary N) is 1. The SMILES string of the molecule is CC(=O)OC[C@H]1O[C@H](O[C@H](C)[C@H](NC(=O)OCc2ccccc2)C(=O)OCc2ccccc2)[C@H](F)[C@@H](OC(C)=O)[C@@H]1OC(C)=O. The summed E-state index contributed by atoms with van der Waals surface area (Å²) in [6.45, 7) is 3.79. The lowest BCUT2D eigenvalue weighted by Crippen LogP contribution is -2.62. The molecule has 3 rings (SSSR count). The number of hydrogen-bond donors (Lipinski definition) is 1. The molecule has 7 atom stereocenters. The standard InChI is InChI=1S/C31H36FNO12/c1-18(42-30-25(32)28(44-21(4)36)27(43-20(3)35)24(45-30)17-39-19(2)34)26(29(37)40-15-22-11-7-5-8-12-22)33-31(38)41-16-23-13-9-6-10-14-23/h5-14,18,24-28,30H,15-17H2,1-4H3,(H,33,38)/t18-,24-,25-,26+,27-,28-,30+/m1/s1. The molecule has 14 heteroatoms. The third-order valence-electron chi connectivity index (χ3n) is 6.41. The maximum Gasteiger partial charge on any atom is 0.408 e. The molecule has 0 spiro atoms. The highest BCUT2D eigenvalue weighted by atomic mass is 19.1. The van der Waals surface area contributed by atoms with E-state index in [0.717, 1.165) is 20.8 Å². The molecule has 0 saturated carbocycles. The highest BCUT2D eigenvalue weighted by molar-refractivity contribution is 5.82. The fourth-order valence-corrected chi connectivity index (χ4v) is 4.34. The first-order chi connectivity index (χ1) is 21.4. The molecule has 0 radical (unpaired) electrons. The number of carbonyl (C=O) groups excluding carboxylic acids is 5. The summed E-state index contributed by atoms with van der Waals surface area (Å²) in [7, 11) is 0.